The Kier molecular flexibility index (Phi) is 2.22. The van der Waals surface area contributed by atoms with Crippen LogP contribution in [-0.4, -0.2) is 18.8 Å². The zero-order valence-corrected chi connectivity index (χ0v) is 7.55. The molecular formula is C7H7F3O3S. The van der Waals surface area contributed by atoms with E-state index in [0.29, 0.717) is 0 Å². The van der Waals surface area contributed by atoms with E-state index in [1.165, 1.54) is 6.07 Å². The summed E-state index contributed by atoms with van der Waals surface area (Å²) in [5.74, 6) is 0. The minimum absolute atomic E-state index is 0.738. The van der Waals surface area contributed by atoms with E-state index in [4.69, 9.17) is 9.11 Å². The predicted octanol–water partition coefficient (Wildman–Crippen LogP) is 2.33. The molecule has 0 radical (unpaired) electrons. The van der Waals surface area contributed by atoms with Crippen molar-refractivity contribution in [2.45, 2.75) is 10.4 Å². The van der Waals surface area contributed by atoms with Gasteiger partial charge in [-0.1, -0.05) is 18.2 Å². The van der Waals surface area contributed by atoms with Crippen molar-refractivity contribution in [1.82, 2.24) is 0 Å². The first-order chi connectivity index (χ1) is 6.14. The first-order valence-electron chi connectivity index (χ1n) is 3.42. The van der Waals surface area contributed by atoms with Crippen LogP contribution in [-0.2, 0) is 9.63 Å². The first kappa shape index (κ1) is 11.2. The van der Waals surface area contributed by atoms with Crippen LogP contribution in [0.15, 0.2) is 35.2 Å². The molecule has 0 unspecified atom stereocenters. The second-order valence-corrected chi connectivity index (χ2v) is 5.29. The lowest BCUT2D eigenvalue weighted by Crippen LogP contribution is -2.46. The van der Waals surface area contributed by atoms with Gasteiger partial charge in [0.05, 0.1) is 4.90 Å². The summed E-state index contributed by atoms with van der Waals surface area (Å²) < 4.78 is 65.0. The highest BCUT2D eigenvalue weighted by Crippen LogP contribution is 2.44. The lowest BCUT2D eigenvalue weighted by molar-refractivity contribution is -0.0646. The normalized spacial score (nSPS) is 15.9. The Hall–Kier alpha value is -0.920. The van der Waals surface area contributed by atoms with E-state index in [1.54, 1.807) is 0 Å². The van der Waals surface area contributed by atoms with Crippen LogP contribution >= 0.6 is 0 Å². The first-order valence-corrected chi connectivity index (χ1v) is 5.30. The lowest BCUT2D eigenvalue weighted by atomic mass is 10.4. The zero-order chi connectivity index (χ0) is 11.1. The van der Waals surface area contributed by atoms with E-state index in [9.17, 15) is 17.4 Å². The number of benzene rings is 1. The van der Waals surface area contributed by atoms with Gasteiger partial charge in [-0.3, -0.25) is 9.11 Å². The summed E-state index contributed by atoms with van der Waals surface area (Å²) in [6.45, 7) is 0. The molecule has 0 fully saturated rings. The maximum absolute atomic E-state index is 12.1. The van der Waals surface area contributed by atoms with Gasteiger partial charge >= 0.3 is 5.51 Å². The molecule has 0 saturated carbocycles. The Morgan fingerprint density at radius 2 is 1.50 bits per heavy atom. The van der Waals surface area contributed by atoms with E-state index in [1.807, 2.05) is 0 Å². The molecule has 80 valence electrons. The van der Waals surface area contributed by atoms with Crippen LogP contribution in [0.2, 0.25) is 0 Å². The number of rotatable bonds is 1. The molecule has 0 amide bonds. The second kappa shape index (κ2) is 2.78. The quantitative estimate of drug-likeness (QED) is 0.775. The highest BCUT2D eigenvalue weighted by molar-refractivity contribution is 8.11. The molecule has 0 atom stereocenters. The van der Waals surface area contributed by atoms with Crippen LogP contribution in [0.4, 0.5) is 13.2 Å². The molecule has 0 spiro atoms. The lowest BCUT2D eigenvalue weighted by Gasteiger charge is -2.32. The van der Waals surface area contributed by atoms with E-state index in [0.717, 1.165) is 24.3 Å². The Balaban J connectivity index is 3.41. The average Bonchev–Trinajstić information content (AvgIpc) is 2.03. The molecule has 0 aliphatic heterocycles. The van der Waals surface area contributed by atoms with Gasteiger partial charge in [-0.2, -0.15) is 13.2 Å². The second-order valence-electron chi connectivity index (χ2n) is 2.62. The van der Waals surface area contributed by atoms with Gasteiger partial charge in [-0.15, -0.1) is 0 Å². The van der Waals surface area contributed by atoms with Gasteiger partial charge in [0.25, 0.3) is 0 Å². The molecule has 0 saturated heterocycles. The minimum Gasteiger partial charge on any atom is -0.298 e. The Morgan fingerprint density at radius 1 is 1.07 bits per heavy atom. The van der Waals surface area contributed by atoms with Crippen molar-refractivity contribution in [3.05, 3.63) is 30.3 Å². The van der Waals surface area contributed by atoms with E-state index >= 15 is 0 Å². The van der Waals surface area contributed by atoms with Crippen molar-refractivity contribution in [2.75, 3.05) is 0 Å². The van der Waals surface area contributed by atoms with Crippen molar-refractivity contribution >= 4 is 9.63 Å². The summed E-state index contributed by atoms with van der Waals surface area (Å²) in [6.07, 6.45) is 0. The van der Waals surface area contributed by atoms with Crippen molar-refractivity contribution < 1.29 is 26.5 Å². The third-order valence-corrected chi connectivity index (χ3v) is 3.54. The molecule has 0 aliphatic rings. The summed E-state index contributed by atoms with van der Waals surface area (Å²) in [7, 11) is -6.74. The molecule has 0 bridgehead atoms. The molecule has 1 aromatic carbocycles. The molecule has 14 heavy (non-hydrogen) atoms. The topological polar surface area (TPSA) is 57.5 Å². The Labute approximate surface area is 77.6 Å². The third kappa shape index (κ3) is 1.54. The fourth-order valence-corrected chi connectivity index (χ4v) is 1.71. The summed E-state index contributed by atoms with van der Waals surface area (Å²) in [5, 5.41) is 0. The smallest absolute Gasteiger partial charge is 0.298 e. The number of halogens is 3. The van der Waals surface area contributed by atoms with Gasteiger partial charge < -0.3 is 0 Å². The Bertz CT molecular complexity index is 392. The fraction of sp³-hybridized carbons (Fsp3) is 0.143. The third-order valence-electron chi connectivity index (χ3n) is 1.59. The molecule has 7 heteroatoms. The molecule has 0 aromatic heterocycles. The summed E-state index contributed by atoms with van der Waals surface area (Å²) in [4.78, 5) is -1.06. The summed E-state index contributed by atoms with van der Waals surface area (Å²) >= 11 is 0. The van der Waals surface area contributed by atoms with Crippen LogP contribution in [0.5, 0.6) is 0 Å². The average molecular weight is 228 g/mol. The van der Waals surface area contributed by atoms with Crippen LogP contribution in [0.25, 0.3) is 0 Å². The molecule has 2 N–H and O–H groups in total. The van der Waals surface area contributed by atoms with Crippen molar-refractivity contribution in [3.8, 4) is 0 Å². The highest BCUT2D eigenvalue weighted by atomic mass is 32.3. The Morgan fingerprint density at radius 3 is 1.86 bits per heavy atom. The van der Waals surface area contributed by atoms with Gasteiger partial charge in [0.15, 0.2) is 0 Å². The molecule has 1 rings (SSSR count). The van der Waals surface area contributed by atoms with E-state index in [-0.39, 0.29) is 0 Å². The minimum atomic E-state index is -6.74. The van der Waals surface area contributed by atoms with Crippen molar-refractivity contribution in [3.63, 3.8) is 0 Å². The number of hydrogen-bond acceptors (Lipinski definition) is 1. The molecule has 3 nitrogen and oxygen atoms in total. The van der Waals surface area contributed by atoms with Crippen LogP contribution < -0.4 is 0 Å². The predicted molar refractivity (Wildman–Crippen MR) is 44.2 cm³/mol. The monoisotopic (exact) mass is 228 g/mol. The van der Waals surface area contributed by atoms with Crippen molar-refractivity contribution in [1.29, 1.82) is 0 Å². The molecular weight excluding hydrogens is 221 g/mol. The van der Waals surface area contributed by atoms with Gasteiger partial charge in [0.2, 0.25) is 9.63 Å². The van der Waals surface area contributed by atoms with Crippen LogP contribution in [0.1, 0.15) is 0 Å². The zero-order valence-electron chi connectivity index (χ0n) is 6.73. The molecule has 0 heterocycles. The van der Waals surface area contributed by atoms with Gasteiger partial charge in [0, 0.05) is 0 Å². The molecule has 0 aliphatic carbocycles. The van der Waals surface area contributed by atoms with E-state index < -0.39 is 20.0 Å². The number of hydrogen-bond donors (Lipinski definition) is 2. The van der Waals surface area contributed by atoms with Crippen LogP contribution in [0, 0.1) is 0 Å². The summed E-state index contributed by atoms with van der Waals surface area (Å²) in [5.41, 5.74) is -5.60. The maximum Gasteiger partial charge on any atom is 0.498 e. The van der Waals surface area contributed by atoms with Crippen molar-refractivity contribution in [2.24, 2.45) is 0 Å². The van der Waals surface area contributed by atoms with Gasteiger partial charge in [-0.25, -0.2) is 4.21 Å². The number of alkyl halides is 3. The standard InChI is InChI=1S/C7H7F3O3S/c8-7(9,10)14(11,12,13)6-4-2-1-3-5-6/h1-5H,(H2,11,12,13). The largest absolute Gasteiger partial charge is 0.498 e. The molecule has 1 aromatic rings. The van der Waals surface area contributed by atoms with E-state index in [2.05, 4.69) is 0 Å². The SMILES string of the molecule is O=S(O)(O)(c1ccccc1)C(F)(F)F. The summed E-state index contributed by atoms with van der Waals surface area (Å²) in [6, 6.07) is 5.09. The van der Waals surface area contributed by atoms with Gasteiger partial charge in [-0.05, 0) is 12.1 Å². The van der Waals surface area contributed by atoms with Crippen LogP contribution in [0.3, 0.4) is 0 Å². The maximum atomic E-state index is 12.1. The fourth-order valence-electron chi connectivity index (χ4n) is 0.799. The highest BCUT2D eigenvalue weighted by Gasteiger charge is 2.59. The van der Waals surface area contributed by atoms with Gasteiger partial charge in [0.1, 0.15) is 0 Å².